The predicted molar refractivity (Wildman–Crippen MR) is 85.9 cm³/mol. The van der Waals surface area contributed by atoms with Crippen LogP contribution in [0.15, 0.2) is 41.2 Å². The number of aromatic amines is 2. The van der Waals surface area contributed by atoms with Crippen molar-refractivity contribution in [3.05, 3.63) is 68.6 Å². The molecule has 0 radical (unpaired) electrons. The number of alkyl halides is 1. The first-order valence-corrected chi connectivity index (χ1v) is 7.46. The van der Waals surface area contributed by atoms with Crippen LogP contribution < -0.4 is 5.69 Å². The third kappa shape index (κ3) is 2.30. The molecule has 0 saturated carbocycles. The highest BCUT2D eigenvalue weighted by Gasteiger charge is 2.15. The smallest absolute Gasteiger partial charge is 0.306 e. The summed E-state index contributed by atoms with van der Waals surface area (Å²) in [6.45, 7) is 2.00. The average Bonchev–Trinajstić information content (AvgIpc) is 2.80. The number of hydrogen-bond acceptors (Lipinski definition) is 1. The molecule has 0 spiro atoms. The minimum atomic E-state index is -0.192. The van der Waals surface area contributed by atoms with Crippen LogP contribution in [-0.4, -0.2) is 9.97 Å². The number of aromatic nitrogens is 2. The molecule has 20 heavy (non-hydrogen) atoms. The lowest BCUT2D eigenvalue weighted by Gasteiger charge is -2.14. The topological polar surface area (TPSA) is 48.6 Å². The SMILES string of the molecule is Cc1c(Cl)cccc1C(Br)c1ccc2[nH]c(=O)[nH]c2c1. The predicted octanol–water partition coefficient (Wildman–Crippen LogP) is 4.30. The van der Waals surface area contributed by atoms with Gasteiger partial charge in [-0.15, -0.1) is 0 Å². The maximum absolute atomic E-state index is 11.3. The fourth-order valence-corrected chi connectivity index (χ4v) is 3.25. The van der Waals surface area contributed by atoms with Crippen molar-refractivity contribution < 1.29 is 0 Å². The standard InChI is InChI=1S/C15H12BrClN2O/c1-8-10(3-2-4-11(8)17)14(16)9-5-6-12-13(7-9)19-15(20)18-12/h2-7,14H,1H3,(H2,18,19,20). The van der Waals surface area contributed by atoms with E-state index in [9.17, 15) is 4.79 Å². The molecule has 3 aromatic rings. The van der Waals surface area contributed by atoms with Crippen LogP contribution in [0.1, 0.15) is 21.5 Å². The molecule has 0 aliphatic carbocycles. The lowest BCUT2D eigenvalue weighted by Crippen LogP contribution is -1.99. The quantitative estimate of drug-likeness (QED) is 0.664. The molecule has 2 N–H and O–H groups in total. The Balaban J connectivity index is 2.09. The van der Waals surface area contributed by atoms with Crippen LogP contribution in [0.25, 0.3) is 11.0 Å². The Morgan fingerprint density at radius 1 is 1.15 bits per heavy atom. The van der Waals surface area contributed by atoms with Crippen molar-refractivity contribution in [3.63, 3.8) is 0 Å². The van der Waals surface area contributed by atoms with Gasteiger partial charge in [0.1, 0.15) is 0 Å². The minimum Gasteiger partial charge on any atom is -0.306 e. The first kappa shape index (κ1) is 13.5. The van der Waals surface area contributed by atoms with Crippen molar-refractivity contribution in [2.75, 3.05) is 0 Å². The van der Waals surface area contributed by atoms with E-state index in [1.165, 1.54) is 0 Å². The van der Waals surface area contributed by atoms with Gasteiger partial charge in [-0.05, 0) is 41.8 Å². The van der Waals surface area contributed by atoms with Gasteiger partial charge in [0.15, 0.2) is 0 Å². The van der Waals surface area contributed by atoms with E-state index in [4.69, 9.17) is 11.6 Å². The van der Waals surface area contributed by atoms with E-state index >= 15 is 0 Å². The summed E-state index contributed by atoms with van der Waals surface area (Å²) in [5, 5.41) is 0.753. The maximum atomic E-state index is 11.3. The van der Waals surface area contributed by atoms with Crippen molar-refractivity contribution in [2.45, 2.75) is 11.8 Å². The first-order valence-electron chi connectivity index (χ1n) is 6.17. The van der Waals surface area contributed by atoms with E-state index in [1.54, 1.807) is 0 Å². The van der Waals surface area contributed by atoms with Crippen LogP contribution in [-0.2, 0) is 0 Å². The highest BCUT2D eigenvalue weighted by molar-refractivity contribution is 9.09. The molecule has 0 fully saturated rings. The molecule has 1 aromatic heterocycles. The zero-order chi connectivity index (χ0) is 14.3. The number of hydrogen-bond donors (Lipinski definition) is 2. The molecule has 1 unspecified atom stereocenters. The average molecular weight is 352 g/mol. The molecule has 5 heteroatoms. The summed E-state index contributed by atoms with van der Waals surface area (Å²) in [6.07, 6.45) is 0. The van der Waals surface area contributed by atoms with Crippen molar-refractivity contribution in [2.24, 2.45) is 0 Å². The molecule has 0 amide bonds. The molecule has 0 bridgehead atoms. The molecule has 0 saturated heterocycles. The third-order valence-electron chi connectivity index (χ3n) is 3.42. The van der Waals surface area contributed by atoms with Crippen LogP contribution in [0.4, 0.5) is 0 Å². The second-order valence-electron chi connectivity index (χ2n) is 4.70. The van der Waals surface area contributed by atoms with Gasteiger partial charge in [0.25, 0.3) is 0 Å². The Bertz CT molecular complexity index is 837. The number of benzene rings is 2. The third-order valence-corrected chi connectivity index (χ3v) is 4.85. The van der Waals surface area contributed by atoms with E-state index in [0.717, 1.165) is 32.7 Å². The summed E-state index contributed by atoms with van der Waals surface area (Å²) in [7, 11) is 0. The molecule has 2 aromatic carbocycles. The maximum Gasteiger partial charge on any atom is 0.323 e. The van der Waals surface area contributed by atoms with Gasteiger partial charge in [0.05, 0.1) is 15.9 Å². The van der Waals surface area contributed by atoms with Gasteiger partial charge < -0.3 is 9.97 Å². The van der Waals surface area contributed by atoms with E-state index < -0.39 is 0 Å². The summed E-state index contributed by atoms with van der Waals surface area (Å²) >= 11 is 9.88. The lowest BCUT2D eigenvalue weighted by molar-refractivity contribution is 1.15. The number of imidazole rings is 1. The minimum absolute atomic E-state index is 0.0315. The molecular formula is C15H12BrClN2O. The molecule has 1 heterocycles. The zero-order valence-corrected chi connectivity index (χ0v) is 13.0. The Kier molecular flexibility index (Phi) is 3.44. The second-order valence-corrected chi connectivity index (χ2v) is 6.02. The van der Waals surface area contributed by atoms with E-state index in [0.29, 0.717) is 0 Å². The van der Waals surface area contributed by atoms with E-state index in [-0.39, 0.29) is 10.5 Å². The largest absolute Gasteiger partial charge is 0.323 e. The lowest BCUT2D eigenvalue weighted by atomic mass is 10.00. The van der Waals surface area contributed by atoms with E-state index in [1.807, 2.05) is 43.3 Å². The summed E-state index contributed by atoms with van der Waals surface area (Å²) in [5.41, 5.74) is 4.66. The Morgan fingerprint density at radius 2 is 1.90 bits per heavy atom. The number of halogens is 2. The fraction of sp³-hybridized carbons (Fsp3) is 0.133. The molecule has 102 valence electrons. The zero-order valence-electron chi connectivity index (χ0n) is 10.7. The number of fused-ring (bicyclic) bond motifs is 1. The van der Waals surface area contributed by atoms with Gasteiger partial charge in [0, 0.05) is 5.02 Å². The van der Waals surface area contributed by atoms with Gasteiger partial charge in [-0.3, -0.25) is 0 Å². The normalized spacial score (nSPS) is 12.8. The first-order chi connectivity index (χ1) is 9.56. The van der Waals surface area contributed by atoms with Crippen molar-refractivity contribution in [3.8, 4) is 0 Å². The number of rotatable bonds is 2. The summed E-state index contributed by atoms with van der Waals surface area (Å²) in [6, 6.07) is 11.7. The van der Waals surface area contributed by atoms with Crippen molar-refractivity contribution in [1.29, 1.82) is 0 Å². The van der Waals surface area contributed by atoms with Crippen molar-refractivity contribution >= 4 is 38.6 Å². The Labute approximate surface area is 129 Å². The highest BCUT2D eigenvalue weighted by atomic mass is 79.9. The molecule has 1 atom stereocenters. The van der Waals surface area contributed by atoms with Crippen LogP contribution in [0.5, 0.6) is 0 Å². The van der Waals surface area contributed by atoms with Gasteiger partial charge >= 0.3 is 5.69 Å². The molecule has 3 nitrogen and oxygen atoms in total. The van der Waals surface area contributed by atoms with Gasteiger partial charge in [-0.1, -0.05) is 45.7 Å². The van der Waals surface area contributed by atoms with E-state index in [2.05, 4.69) is 25.9 Å². The van der Waals surface area contributed by atoms with Crippen LogP contribution in [0, 0.1) is 6.92 Å². The summed E-state index contributed by atoms with van der Waals surface area (Å²) < 4.78 is 0. The molecular weight excluding hydrogens is 340 g/mol. The van der Waals surface area contributed by atoms with Crippen LogP contribution in [0.2, 0.25) is 5.02 Å². The monoisotopic (exact) mass is 350 g/mol. The van der Waals surface area contributed by atoms with Gasteiger partial charge in [-0.25, -0.2) is 4.79 Å². The van der Waals surface area contributed by atoms with Crippen LogP contribution >= 0.6 is 27.5 Å². The van der Waals surface area contributed by atoms with Gasteiger partial charge in [-0.2, -0.15) is 0 Å². The number of H-pyrrole nitrogens is 2. The Hall–Kier alpha value is -1.52. The molecule has 0 aliphatic rings. The highest BCUT2D eigenvalue weighted by Crippen LogP contribution is 2.35. The Morgan fingerprint density at radius 3 is 2.70 bits per heavy atom. The second kappa shape index (κ2) is 5.11. The van der Waals surface area contributed by atoms with Crippen molar-refractivity contribution in [1.82, 2.24) is 9.97 Å². The number of nitrogens with one attached hydrogen (secondary N) is 2. The van der Waals surface area contributed by atoms with Crippen LogP contribution in [0.3, 0.4) is 0 Å². The summed E-state index contributed by atoms with van der Waals surface area (Å²) in [4.78, 5) is 16.8. The fourth-order valence-electron chi connectivity index (χ4n) is 2.29. The molecule has 0 aliphatic heterocycles. The van der Waals surface area contributed by atoms with Gasteiger partial charge in [0.2, 0.25) is 0 Å². The molecule has 3 rings (SSSR count). The summed E-state index contributed by atoms with van der Waals surface area (Å²) in [5.74, 6) is 0.